The van der Waals surface area contributed by atoms with Gasteiger partial charge in [-0.1, -0.05) is 0 Å². The van der Waals surface area contributed by atoms with Crippen LogP contribution in [0, 0.1) is 0 Å². The molecule has 0 spiro atoms. The van der Waals surface area contributed by atoms with Crippen molar-refractivity contribution in [3.8, 4) is 0 Å². The maximum atomic E-state index is 5.45. The summed E-state index contributed by atoms with van der Waals surface area (Å²) in [6, 6.07) is 0. The third-order valence-electron chi connectivity index (χ3n) is 0.385. The van der Waals surface area contributed by atoms with Crippen molar-refractivity contribution in [1.82, 2.24) is 3.53 Å². The van der Waals surface area contributed by atoms with E-state index in [-0.39, 0.29) is 27.6 Å². The molecular weight excluding hydrogens is 330 g/mol. The first-order valence-corrected chi connectivity index (χ1v) is 5.97. The first kappa shape index (κ1) is 9.38. The van der Waals surface area contributed by atoms with Gasteiger partial charge in [-0.15, -0.1) is 0 Å². The van der Waals surface area contributed by atoms with Gasteiger partial charge in [-0.25, -0.2) is 0 Å². The average Bonchev–Trinajstić information content (AvgIpc) is 1.61. The van der Waals surface area contributed by atoms with E-state index in [1.54, 1.807) is 0 Å². The molecule has 0 amide bonds. The summed E-state index contributed by atoms with van der Waals surface area (Å²) in [5, 5.41) is 0. The summed E-state index contributed by atoms with van der Waals surface area (Å²) < 4.78 is 4.00. The number of halogens is 2. The minimum absolute atomic E-state index is 0.137. The van der Waals surface area contributed by atoms with Gasteiger partial charge < -0.3 is 0 Å². The molecule has 0 bridgehead atoms. The van der Waals surface area contributed by atoms with Crippen LogP contribution in [-0.4, -0.2) is 8.10 Å². The van der Waals surface area contributed by atoms with Gasteiger partial charge in [0.15, 0.2) is 0 Å². The van der Waals surface area contributed by atoms with Gasteiger partial charge in [0.05, 0.1) is 0 Å². The summed E-state index contributed by atoms with van der Waals surface area (Å²) >= 11 is 2.54. The van der Waals surface area contributed by atoms with Crippen molar-refractivity contribution in [2.75, 3.05) is 0 Å². The molecule has 0 aliphatic rings. The van der Waals surface area contributed by atoms with Crippen LogP contribution in [0.2, 0.25) is 0 Å². The Morgan fingerprint density at radius 1 is 1.62 bits per heavy atom. The van der Waals surface area contributed by atoms with E-state index >= 15 is 0 Å². The molecular formula is C4H11I2N2-. The van der Waals surface area contributed by atoms with Gasteiger partial charge in [-0.2, -0.15) is 0 Å². The second-order valence-electron chi connectivity index (χ2n) is 1.53. The predicted octanol–water partition coefficient (Wildman–Crippen LogP) is -2.33. The monoisotopic (exact) mass is 341 g/mol. The number of rotatable bonds is 3. The molecule has 3 N–H and O–H groups in total. The van der Waals surface area contributed by atoms with Crippen molar-refractivity contribution in [3.05, 3.63) is 0 Å². The molecule has 0 saturated heterocycles. The van der Waals surface area contributed by atoms with Crippen LogP contribution < -0.4 is 30.7 Å². The molecule has 0 radical (unpaired) electrons. The quantitative estimate of drug-likeness (QED) is 0.262. The Kier molecular flexibility index (Phi) is 6.08. The minimum atomic E-state index is 0.137. The van der Waals surface area contributed by atoms with Crippen molar-refractivity contribution in [1.29, 1.82) is 0 Å². The summed E-state index contributed by atoms with van der Waals surface area (Å²) in [6.45, 7) is 4.17. The molecule has 52 valence electrons. The fraction of sp³-hybridized carbons (Fsp3) is 1.00. The zero-order valence-corrected chi connectivity index (χ0v) is 9.30. The Hall–Kier alpha value is 1.38. The van der Waals surface area contributed by atoms with Crippen LogP contribution in [0.4, 0.5) is 0 Å². The molecule has 2 atom stereocenters. The molecule has 8 heavy (non-hydrogen) atoms. The van der Waals surface area contributed by atoms with E-state index < -0.39 is 0 Å². The van der Waals surface area contributed by atoms with Gasteiger partial charge in [0, 0.05) is 0 Å². The third-order valence-corrected chi connectivity index (χ3v) is 4.16. The van der Waals surface area contributed by atoms with Crippen molar-refractivity contribution >= 4 is 22.6 Å². The first-order valence-electron chi connectivity index (χ1n) is 2.40. The van der Waals surface area contributed by atoms with Crippen molar-refractivity contribution in [2.45, 2.75) is 21.9 Å². The molecule has 0 fully saturated rings. The van der Waals surface area contributed by atoms with E-state index in [0.29, 0.717) is 0 Å². The Morgan fingerprint density at radius 3 is 2.25 bits per heavy atom. The maximum absolute atomic E-state index is 5.45. The zero-order valence-electron chi connectivity index (χ0n) is 4.99. The van der Waals surface area contributed by atoms with Gasteiger partial charge >= 0.3 is 75.3 Å². The topological polar surface area (TPSA) is 38.0 Å². The van der Waals surface area contributed by atoms with Crippen molar-refractivity contribution < 1.29 is 21.5 Å². The average molecular weight is 341 g/mol. The summed E-state index contributed by atoms with van der Waals surface area (Å²) in [5.74, 6) is 0. The SMILES string of the molecule is CC(N)N[I-]C(C)I. The van der Waals surface area contributed by atoms with Gasteiger partial charge in [0.25, 0.3) is 0 Å². The molecule has 2 unspecified atom stereocenters. The van der Waals surface area contributed by atoms with Gasteiger partial charge in [-0.3, -0.25) is 0 Å². The third kappa shape index (κ3) is 7.38. The molecule has 2 nitrogen and oxygen atoms in total. The van der Waals surface area contributed by atoms with E-state index in [1.807, 2.05) is 6.92 Å². The Morgan fingerprint density at radius 2 is 2.12 bits per heavy atom. The summed E-state index contributed by atoms with van der Waals surface area (Å²) in [6.07, 6.45) is 0.181. The molecule has 0 heterocycles. The van der Waals surface area contributed by atoms with E-state index in [9.17, 15) is 0 Å². The standard InChI is InChI=1S/C4H11I2N2/c1-3(5)6-8-4(2)7/h3-4,8H,7H2,1-2H3/q-1. The summed E-state index contributed by atoms with van der Waals surface area (Å²) in [7, 11) is 0. The second-order valence-corrected chi connectivity index (χ2v) is 8.89. The Bertz CT molecular complexity index is 48.0. The number of hydrogen-bond donors (Lipinski definition) is 2. The number of hydrogen-bond acceptors (Lipinski definition) is 2. The van der Waals surface area contributed by atoms with E-state index in [0.717, 1.165) is 1.93 Å². The van der Waals surface area contributed by atoms with Crippen molar-refractivity contribution in [3.63, 3.8) is 0 Å². The van der Waals surface area contributed by atoms with Crippen LogP contribution in [0.25, 0.3) is 0 Å². The number of nitrogens with two attached hydrogens (primary N) is 1. The fourth-order valence-electron chi connectivity index (χ4n) is 0.186. The number of nitrogens with one attached hydrogen (secondary N) is 1. The molecule has 0 aromatic rings. The normalized spacial score (nSPS) is 18.5. The first-order chi connectivity index (χ1) is 3.63. The van der Waals surface area contributed by atoms with Crippen LogP contribution in [0.5, 0.6) is 0 Å². The van der Waals surface area contributed by atoms with Gasteiger partial charge in [-0.05, 0) is 0 Å². The van der Waals surface area contributed by atoms with Crippen LogP contribution in [0.3, 0.4) is 0 Å². The molecule has 0 aliphatic heterocycles. The zero-order chi connectivity index (χ0) is 6.57. The molecule has 4 heteroatoms. The Balaban J connectivity index is 2.93. The number of alkyl halides is 2. The van der Waals surface area contributed by atoms with E-state index in [2.05, 4.69) is 33.0 Å². The molecule has 0 aliphatic carbocycles. The van der Waals surface area contributed by atoms with Crippen LogP contribution >= 0.6 is 22.6 Å². The molecule has 0 saturated carbocycles. The van der Waals surface area contributed by atoms with Gasteiger partial charge in [0.2, 0.25) is 0 Å². The van der Waals surface area contributed by atoms with E-state index in [1.165, 1.54) is 0 Å². The summed E-state index contributed by atoms with van der Waals surface area (Å²) in [5.41, 5.74) is 5.45. The predicted molar refractivity (Wildman–Crippen MR) is 40.3 cm³/mol. The molecule has 0 rings (SSSR count). The fourth-order valence-corrected chi connectivity index (χ4v) is 2.16. The van der Waals surface area contributed by atoms with Crippen molar-refractivity contribution in [2.24, 2.45) is 5.73 Å². The van der Waals surface area contributed by atoms with Crippen LogP contribution in [-0.2, 0) is 0 Å². The Labute approximate surface area is 74.7 Å². The molecule has 0 aromatic carbocycles. The second kappa shape index (κ2) is 5.19. The van der Waals surface area contributed by atoms with Gasteiger partial charge in [0.1, 0.15) is 0 Å². The van der Waals surface area contributed by atoms with Crippen LogP contribution in [0.1, 0.15) is 13.8 Å². The summed E-state index contributed by atoms with van der Waals surface area (Å²) in [4.78, 5) is 0. The van der Waals surface area contributed by atoms with Crippen LogP contribution in [0.15, 0.2) is 0 Å². The van der Waals surface area contributed by atoms with E-state index in [4.69, 9.17) is 5.73 Å². The molecule has 0 aromatic heterocycles.